The van der Waals surface area contributed by atoms with Gasteiger partial charge >= 0.3 is 0 Å². The molecule has 1 aromatic heterocycles. The fourth-order valence-corrected chi connectivity index (χ4v) is 2.53. The maximum Gasteiger partial charge on any atom is 0.231 e. The summed E-state index contributed by atoms with van der Waals surface area (Å²) in [6.07, 6.45) is 0. The van der Waals surface area contributed by atoms with E-state index in [1.54, 1.807) is 0 Å². The van der Waals surface area contributed by atoms with E-state index in [9.17, 15) is 4.79 Å². The molecule has 1 heterocycles. The number of nitrogens with one attached hydrogen (secondary N) is 2. The molecule has 26 heavy (non-hydrogen) atoms. The van der Waals surface area contributed by atoms with Crippen molar-refractivity contribution in [1.29, 1.82) is 0 Å². The van der Waals surface area contributed by atoms with Crippen molar-refractivity contribution in [1.82, 2.24) is 10.3 Å². The quantitative estimate of drug-likeness (QED) is 0.645. The molecule has 0 spiro atoms. The van der Waals surface area contributed by atoms with Crippen LogP contribution < -0.4 is 10.6 Å². The summed E-state index contributed by atoms with van der Waals surface area (Å²) in [5.41, 5.74) is 3.66. The molecule has 5 nitrogen and oxygen atoms in total. The zero-order valence-corrected chi connectivity index (χ0v) is 16.0. The van der Waals surface area contributed by atoms with E-state index < -0.39 is 5.41 Å². The summed E-state index contributed by atoms with van der Waals surface area (Å²) < 4.78 is 5.82. The van der Waals surface area contributed by atoms with Crippen LogP contribution in [0.1, 0.15) is 26.3 Å². The highest BCUT2D eigenvalue weighted by Crippen LogP contribution is 2.28. The number of carbonyl (C=O) groups is 1. The summed E-state index contributed by atoms with van der Waals surface area (Å²) in [5.74, 6) is 0.404. The van der Waals surface area contributed by atoms with Gasteiger partial charge in [0, 0.05) is 16.7 Å². The monoisotopic (exact) mass is 367 g/mol. The van der Waals surface area contributed by atoms with Gasteiger partial charge in [-0.25, -0.2) is 4.98 Å². The first kappa shape index (κ1) is 18.1. The average Bonchev–Trinajstić information content (AvgIpc) is 3.00. The summed E-state index contributed by atoms with van der Waals surface area (Å²) in [4.78, 5) is 16.6. The highest BCUT2D eigenvalue weighted by molar-refractivity contribution is 7.80. The van der Waals surface area contributed by atoms with Gasteiger partial charge in [-0.2, -0.15) is 0 Å². The van der Waals surface area contributed by atoms with E-state index in [-0.39, 0.29) is 11.0 Å². The molecule has 2 N–H and O–H groups in total. The predicted octanol–water partition coefficient (Wildman–Crippen LogP) is 4.66. The molecular weight excluding hydrogens is 346 g/mol. The lowest BCUT2D eigenvalue weighted by molar-refractivity contribution is -0.126. The van der Waals surface area contributed by atoms with E-state index in [4.69, 9.17) is 16.6 Å². The van der Waals surface area contributed by atoms with Crippen molar-refractivity contribution >= 4 is 40.0 Å². The molecule has 1 amide bonds. The third-order valence-corrected chi connectivity index (χ3v) is 4.14. The van der Waals surface area contributed by atoms with Crippen LogP contribution in [0.2, 0.25) is 0 Å². The third-order valence-electron chi connectivity index (χ3n) is 3.93. The van der Waals surface area contributed by atoms with E-state index in [0.29, 0.717) is 5.89 Å². The Bertz CT molecular complexity index is 953. The minimum Gasteiger partial charge on any atom is -0.436 e. The molecule has 2 aromatic carbocycles. The molecule has 0 saturated carbocycles. The van der Waals surface area contributed by atoms with Crippen LogP contribution in [-0.2, 0) is 4.79 Å². The minimum atomic E-state index is -0.513. The molecule has 0 radical (unpaired) electrons. The van der Waals surface area contributed by atoms with Crippen molar-refractivity contribution in [3.63, 3.8) is 0 Å². The first-order chi connectivity index (χ1) is 12.2. The molecule has 3 rings (SSSR count). The first-order valence-corrected chi connectivity index (χ1v) is 8.74. The summed E-state index contributed by atoms with van der Waals surface area (Å²) in [6, 6.07) is 13.4. The summed E-state index contributed by atoms with van der Waals surface area (Å²) >= 11 is 5.27. The first-order valence-electron chi connectivity index (χ1n) is 8.33. The maximum absolute atomic E-state index is 12.1. The standard InChI is InChI=1S/C20H21N3O2S/c1-12-9-10-13(17-21-14-7-5-6-8-16(14)25-17)11-15(12)22-19(26)23-18(24)20(2,3)4/h5-11H,1-4H3,(H2,22,23,24,26). The molecule has 0 unspecified atom stereocenters. The summed E-state index contributed by atoms with van der Waals surface area (Å²) in [6.45, 7) is 7.48. The van der Waals surface area contributed by atoms with Crippen molar-refractivity contribution < 1.29 is 9.21 Å². The zero-order chi connectivity index (χ0) is 18.9. The second-order valence-corrected chi connectivity index (χ2v) is 7.58. The Labute approximate surface area is 157 Å². The number of para-hydroxylation sites is 2. The Kier molecular flexibility index (Phi) is 4.78. The number of carbonyl (C=O) groups excluding carboxylic acids is 1. The van der Waals surface area contributed by atoms with Gasteiger partial charge in [-0.1, -0.05) is 39.0 Å². The normalized spacial score (nSPS) is 11.4. The molecule has 0 saturated heterocycles. The van der Waals surface area contributed by atoms with Crippen LogP contribution in [0.3, 0.4) is 0 Å². The number of hydrogen-bond donors (Lipinski definition) is 2. The van der Waals surface area contributed by atoms with Gasteiger partial charge in [-0.05, 0) is 49.0 Å². The number of anilines is 1. The van der Waals surface area contributed by atoms with Gasteiger partial charge in [0.05, 0.1) is 0 Å². The van der Waals surface area contributed by atoms with E-state index in [2.05, 4.69) is 15.6 Å². The number of nitrogens with zero attached hydrogens (tertiary/aromatic N) is 1. The molecule has 0 aliphatic rings. The third kappa shape index (κ3) is 3.91. The van der Waals surface area contributed by atoms with Gasteiger partial charge in [0.2, 0.25) is 11.8 Å². The minimum absolute atomic E-state index is 0.136. The Morgan fingerprint density at radius 3 is 2.58 bits per heavy atom. The smallest absolute Gasteiger partial charge is 0.231 e. The number of aromatic nitrogens is 1. The summed E-state index contributed by atoms with van der Waals surface area (Å²) in [5, 5.41) is 6.07. The highest BCUT2D eigenvalue weighted by atomic mass is 32.1. The highest BCUT2D eigenvalue weighted by Gasteiger charge is 2.22. The molecule has 0 aliphatic heterocycles. The van der Waals surface area contributed by atoms with Crippen LogP contribution in [0.25, 0.3) is 22.6 Å². The fourth-order valence-electron chi connectivity index (χ4n) is 2.33. The lowest BCUT2D eigenvalue weighted by Gasteiger charge is -2.19. The fraction of sp³-hybridized carbons (Fsp3) is 0.250. The van der Waals surface area contributed by atoms with Gasteiger partial charge in [0.25, 0.3) is 0 Å². The number of fused-ring (bicyclic) bond motifs is 1. The molecule has 3 aromatic rings. The second kappa shape index (κ2) is 6.88. The number of aryl methyl sites for hydroxylation is 1. The van der Waals surface area contributed by atoms with Gasteiger partial charge in [0.1, 0.15) is 5.52 Å². The molecule has 134 valence electrons. The Morgan fingerprint density at radius 2 is 1.88 bits per heavy atom. The van der Waals surface area contributed by atoms with Crippen molar-refractivity contribution in [3.05, 3.63) is 48.0 Å². The lowest BCUT2D eigenvalue weighted by Crippen LogP contribution is -2.41. The topological polar surface area (TPSA) is 67.2 Å². The number of amides is 1. The molecule has 0 atom stereocenters. The van der Waals surface area contributed by atoms with Crippen LogP contribution in [0.4, 0.5) is 5.69 Å². The largest absolute Gasteiger partial charge is 0.436 e. The SMILES string of the molecule is Cc1ccc(-c2nc3ccccc3o2)cc1NC(=S)NC(=O)C(C)(C)C. The number of oxazole rings is 1. The zero-order valence-electron chi connectivity index (χ0n) is 15.2. The Balaban J connectivity index is 1.84. The molecular formula is C20H21N3O2S. The van der Waals surface area contributed by atoms with Crippen molar-refractivity contribution in [2.75, 3.05) is 5.32 Å². The maximum atomic E-state index is 12.1. The van der Waals surface area contributed by atoms with Gasteiger partial charge in [0.15, 0.2) is 10.7 Å². The molecule has 0 aliphatic carbocycles. The van der Waals surface area contributed by atoms with E-state index in [0.717, 1.165) is 27.9 Å². The van der Waals surface area contributed by atoms with Crippen molar-refractivity contribution in [2.45, 2.75) is 27.7 Å². The van der Waals surface area contributed by atoms with Crippen molar-refractivity contribution in [2.24, 2.45) is 5.41 Å². The second-order valence-electron chi connectivity index (χ2n) is 7.17. The number of thiocarbonyl (C=S) groups is 1. The summed E-state index contributed by atoms with van der Waals surface area (Å²) in [7, 11) is 0. The van der Waals surface area contributed by atoms with Crippen LogP contribution in [0, 0.1) is 12.3 Å². The van der Waals surface area contributed by atoms with Gasteiger partial charge in [-0.3, -0.25) is 4.79 Å². The van der Waals surface area contributed by atoms with Crippen molar-refractivity contribution in [3.8, 4) is 11.5 Å². The molecule has 0 fully saturated rings. The van der Waals surface area contributed by atoms with E-state index >= 15 is 0 Å². The number of hydrogen-bond acceptors (Lipinski definition) is 4. The lowest BCUT2D eigenvalue weighted by atomic mass is 9.96. The number of rotatable bonds is 2. The average molecular weight is 367 g/mol. The van der Waals surface area contributed by atoms with Crippen LogP contribution >= 0.6 is 12.2 Å². The van der Waals surface area contributed by atoms with Crippen LogP contribution in [-0.4, -0.2) is 16.0 Å². The van der Waals surface area contributed by atoms with E-state index in [1.807, 2.05) is 70.2 Å². The van der Waals surface area contributed by atoms with Crippen LogP contribution in [0.5, 0.6) is 0 Å². The molecule has 6 heteroatoms. The predicted molar refractivity (Wildman–Crippen MR) is 108 cm³/mol. The Morgan fingerprint density at radius 1 is 1.15 bits per heavy atom. The van der Waals surface area contributed by atoms with E-state index in [1.165, 1.54) is 0 Å². The number of benzene rings is 2. The van der Waals surface area contributed by atoms with Crippen LogP contribution in [0.15, 0.2) is 46.9 Å². The van der Waals surface area contributed by atoms with Gasteiger partial charge in [-0.15, -0.1) is 0 Å². The van der Waals surface area contributed by atoms with Gasteiger partial charge < -0.3 is 15.1 Å². The Hall–Kier alpha value is -2.73. The molecule has 0 bridgehead atoms.